The van der Waals surface area contributed by atoms with Crippen LogP contribution in [0.15, 0.2) is 0 Å². The summed E-state index contributed by atoms with van der Waals surface area (Å²) < 4.78 is 0. The Labute approximate surface area is 57.1 Å². The van der Waals surface area contributed by atoms with E-state index in [1.807, 2.05) is 0 Å². The Balaban J connectivity index is 2.72. The highest BCUT2D eigenvalue weighted by Gasteiger charge is 1.92. The monoisotopic (exact) mass is 134 g/mol. The molecule has 50 valence electrons. The summed E-state index contributed by atoms with van der Waals surface area (Å²) in [4.78, 5) is 0. The van der Waals surface area contributed by atoms with E-state index in [9.17, 15) is 0 Å². The third-order valence-corrected chi connectivity index (χ3v) is 1.38. The molecule has 0 heterocycles. The summed E-state index contributed by atoms with van der Waals surface area (Å²) in [7, 11) is 0. The molecule has 0 aliphatic carbocycles. The maximum Gasteiger partial charge on any atom is 0.0739 e. The van der Waals surface area contributed by atoms with E-state index < -0.39 is 0 Å². The molecule has 2 heteroatoms. The molecular formula is C6H16NS+. The molecule has 8 heavy (non-hydrogen) atoms. The Morgan fingerprint density at radius 2 is 2.12 bits per heavy atom. The van der Waals surface area contributed by atoms with E-state index >= 15 is 0 Å². The second-order valence-electron chi connectivity index (χ2n) is 2.20. The van der Waals surface area contributed by atoms with Crippen molar-refractivity contribution in [2.45, 2.75) is 31.4 Å². The predicted molar refractivity (Wildman–Crippen MR) is 40.1 cm³/mol. The van der Waals surface area contributed by atoms with Gasteiger partial charge in [0.25, 0.3) is 0 Å². The first kappa shape index (κ1) is 8.31. The van der Waals surface area contributed by atoms with E-state index in [0.717, 1.165) is 6.54 Å². The second kappa shape index (κ2) is 5.45. The van der Waals surface area contributed by atoms with Crippen LogP contribution in [-0.4, -0.2) is 11.8 Å². The molecule has 1 atom stereocenters. The number of unbranched alkanes of at least 4 members (excludes halogenated alkanes) is 1. The molecule has 0 fully saturated rings. The van der Waals surface area contributed by atoms with Gasteiger partial charge in [-0.15, -0.1) is 0 Å². The molecule has 0 aromatic rings. The fraction of sp³-hybridized carbons (Fsp3) is 1.00. The Kier molecular flexibility index (Phi) is 5.66. The van der Waals surface area contributed by atoms with Gasteiger partial charge in [-0.05, 0) is 24.5 Å². The lowest BCUT2D eigenvalue weighted by Gasteiger charge is -1.99. The maximum atomic E-state index is 4.25. The molecule has 0 rings (SSSR count). The molecule has 3 N–H and O–H groups in total. The zero-order valence-electron chi connectivity index (χ0n) is 5.56. The minimum absolute atomic E-state index is 0.571. The van der Waals surface area contributed by atoms with Crippen molar-refractivity contribution in [2.75, 3.05) is 6.54 Å². The van der Waals surface area contributed by atoms with Crippen LogP contribution in [0.5, 0.6) is 0 Å². The van der Waals surface area contributed by atoms with Gasteiger partial charge in [0.1, 0.15) is 0 Å². The van der Waals surface area contributed by atoms with Crippen LogP contribution in [0.3, 0.4) is 0 Å². The molecular weight excluding hydrogens is 118 g/mol. The minimum Gasteiger partial charge on any atom is -0.358 e. The van der Waals surface area contributed by atoms with Crippen molar-refractivity contribution in [1.29, 1.82) is 0 Å². The summed E-state index contributed by atoms with van der Waals surface area (Å²) in [6.07, 6.45) is 3.78. The van der Waals surface area contributed by atoms with Crippen molar-refractivity contribution in [1.82, 2.24) is 0 Å². The number of quaternary nitrogens is 1. The molecule has 0 aromatic carbocycles. The fourth-order valence-electron chi connectivity index (χ4n) is 0.617. The minimum atomic E-state index is 0.571. The standard InChI is InChI=1S/C6H15NS/c1-6(8)4-2-3-5-7/h6,8H,2-5,7H2,1H3/p+1. The van der Waals surface area contributed by atoms with Crippen LogP contribution >= 0.6 is 12.6 Å². The fourth-order valence-corrected chi connectivity index (χ4v) is 0.799. The number of hydrogen-bond acceptors (Lipinski definition) is 1. The normalized spacial score (nSPS) is 13.9. The van der Waals surface area contributed by atoms with Crippen LogP contribution in [0, 0.1) is 0 Å². The molecule has 1 nitrogen and oxygen atoms in total. The predicted octanol–water partition coefficient (Wildman–Crippen LogP) is 0.717. The van der Waals surface area contributed by atoms with Gasteiger partial charge in [-0.2, -0.15) is 12.6 Å². The quantitative estimate of drug-likeness (QED) is 0.419. The molecule has 1 unspecified atom stereocenters. The van der Waals surface area contributed by atoms with Gasteiger partial charge >= 0.3 is 0 Å². The van der Waals surface area contributed by atoms with Crippen molar-refractivity contribution >= 4 is 12.6 Å². The highest BCUT2D eigenvalue weighted by Crippen LogP contribution is 2.03. The molecule has 0 spiro atoms. The first-order chi connectivity index (χ1) is 3.77. The van der Waals surface area contributed by atoms with Crippen LogP contribution in [-0.2, 0) is 0 Å². The van der Waals surface area contributed by atoms with Crippen molar-refractivity contribution in [3.8, 4) is 0 Å². The van der Waals surface area contributed by atoms with E-state index in [4.69, 9.17) is 0 Å². The smallest absolute Gasteiger partial charge is 0.0739 e. The molecule has 0 radical (unpaired) electrons. The van der Waals surface area contributed by atoms with E-state index in [2.05, 4.69) is 25.3 Å². The van der Waals surface area contributed by atoms with Gasteiger partial charge in [0.05, 0.1) is 6.54 Å². The SMILES string of the molecule is CC(S)CCCC[NH3+]. The Hall–Kier alpha value is 0.310. The van der Waals surface area contributed by atoms with Crippen LogP contribution in [0.2, 0.25) is 0 Å². The number of thiol groups is 1. The molecule has 0 aliphatic rings. The summed E-state index contributed by atoms with van der Waals surface area (Å²) in [6, 6.07) is 0. The van der Waals surface area contributed by atoms with Gasteiger partial charge in [0.2, 0.25) is 0 Å². The van der Waals surface area contributed by atoms with Crippen LogP contribution < -0.4 is 5.73 Å². The van der Waals surface area contributed by atoms with Gasteiger partial charge in [-0.25, -0.2) is 0 Å². The average molecular weight is 134 g/mol. The average Bonchev–Trinajstić information content (AvgIpc) is 1.66. The third kappa shape index (κ3) is 6.31. The molecule has 0 bridgehead atoms. The lowest BCUT2D eigenvalue weighted by Crippen LogP contribution is -2.50. The number of hydrogen-bond donors (Lipinski definition) is 2. The van der Waals surface area contributed by atoms with Crippen molar-refractivity contribution in [3.05, 3.63) is 0 Å². The summed E-state index contributed by atoms with van der Waals surface area (Å²) in [5, 5.41) is 0.571. The zero-order valence-corrected chi connectivity index (χ0v) is 6.45. The van der Waals surface area contributed by atoms with E-state index in [-0.39, 0.29) is 0 Å². The summed E-state index contributed by atoms with van der Waals surface area (Å²) in [6.45, 7) is 3.20. The highest BCUT2D eigenvalue weighted by molar-refractivity contribution is 7.80. The van der Waals surface area contributed by atoms with E-state index in [1.165, 1.54) is 19.3 Å². The van der Waals surface area contributed by atoms with E-state index in [1.54, 1.807) is 0 Å². The lowest BCUT2D eigenvalue weighted by molar-refractivity contribution is -0.368. The van der Waals surface area contributed by atoms with Crippen LogP contribution in [0.25, 0.3) is 0 Å². The lowest BCUT2D eigenvalue weighted by atomic mass is 10.2. The third-order valence-electron chi connectivity index (χ3n) is 1.12. The summed E-state index contributed by atoms with van der Waals surface area (Å²) in [5.74, 6) is 0. The number of rotatable bonds is 4. The first-order valence-electron chi connectivity index (χ1n) is 3.24. The Bertz CT molecular complexity index is 45.8. The molecule has 0 amide bonds. The van der Waals surface area contributed by atoms with Crippen molar-refractivity contribution < 1.29 is 5.73 Å². The molecule has 0 saturated carbocycles. The van der Waals surface area contributed by atoms with Gasteiger partial charge in [-0.1, -0.05) is 6.92 Å². The maximum absolute atomic E-state index is 4.25. The largest absolute Gasteiger partial charge is 0.358 e. The van der Waals surface area contributed by atoms with Crippen molar-refractivity contribution in [3.63, 3.8) is 0 Å². The highest BCUT2D eigenvalue weighted by atomic mass is 32.1. The van der Waals surface area contributed by atoms with E-state index in [0.29, 0.717) is 5.25 Å². The summed E-state index contributed by atoms with van der Waals surface area (Å²) >= 11 is 4.25. The van der Waals surface area contributed by atoms with Crippen molar-refractivity contribution in [2.24, 2.45) is 0 Å². The van der Waals surface area contributed by atoms with Crippen LogP contribution in [0.1, 0.15) is 26.2 Å². The molecule has 0 aromatic heterocycles. The van der Waals surface area contributed by atoms with Gasteiger partial charge in [0.15, 0.2) is 0 Å². The molecule has 0 saturated heterocycles. The topological polar surface area (TPSA) is 27.6 Å². The van der Waals surface area contributed by atoms with Gasteiger partial charge in [-0.3, -0.25) is 0 Å². The molecule has 0 aliphatic heterocycles. The zero-order chi connectivity index (χ0) is 6.41. The van der Waals surface area contributed by atoms with Gasteiger partial charge < -0.3 is 5.73 Å². The van der Waals surface area contributed by atoms with Gasteiger partial charge in [0, 0.05) is 0 Å². The Morgan fingerprint density at radius 3 is 2.50 bits per heavy atom. The van der Waals surface area contributed by atoms with Crippen LogP contribution in [0.4, 0.5) is 0 Å². The first-order valence-corrected chi connectivity index (χ1v) is 3.76. The Morgan fingerprint density at radius 1 is 1.50 bits per heavy atom. The second-order valence-corrected chi connectivity index (χ2v) is 3.08. The summed E-state index contributed by atoms with van der Waals surface area (Å²) in [5.41, 5.74) is 3.76.